The average molecular weight is 228 g/mol. The van der Waals surface area contributed by atoms with Crippen LogP contribution in [0.1, 0.15) is 39.5 Å². The van der Waals surface area contributed by atoms with Gasteiger partial charge < -0.3 is 15.4 Å². The van der Waals surface area contributed by atoms with Gasteiger partial charge in [-0.05, 0) is 12.8 Å². The number of hydrogen-bond donors (Lipinski definition) is 1. The zero-order valence-electron chi connectivity index (χ0n) is 10.4. The molecule has 0 aliphatic carbocycles. The van der Waals surface area contributed by atoms with Gasteiger partial charge in [0.05, 0.1) is 18.8 Å². The minimum atomic E-state index is -0.324. The van der Waals surface area contributed by atoms with Gasteiger partial charge in [-0.1, -0.05) is 26.7 Å². The molecule has 1 fully saturated rings. The highest BCUT2D eigenvalue weighted by molar-refractivity contribution is 5.81. The summed E-state index contributed by atoms with van der Waals surface area (Å²) in [6, 6.07) is -0.324. The molecule has 1 rings (SSSR count). The quantitative estimate of drug-likeness (QED) is 0.767. The molecule has 1 aliphatic heterocycles. The van der Waals surface area contributed by atoms with Crippen molar-refractivity contribution in [2.45, 2.75) is 51.7 Å². The smallest absolute Gasteiger partial charge is 0.239 e. The van der Waals surface area contributed by atoms with Crippen molar-refractivity contribution in [2.75, 3.05) is 19.7 Å². The Balaban J connectivity index is 2.40. The van der Waals surface area contributed by atoms with E-state index in [1.165, 1.54) is 0 Å². The average Bonchev–Trinajstić information content (AvgIpc) is 2.35. The van der Waals surface area contributed by atoms with Crippen molar-refractivity contribution in [3.63, 3.8) is 0 Å². The second-order valence-corrected chi connectivity index (χ2v) is 4.43. The Kier molecular flexibility index (Phi) is 5.77. The molecule has 1 amide bonds. The Morgan fingerprint density at radius 1 is 1.56 bits per heavy atom. The summed E-state index contributed by atoms with van der Waals surface area (Å²) in [4.78, 5) is 13.9. The lowest BCUT2D eigenvalue weighted by molar-refractivity contribution is -0.140. The topological polar surface area (TPSA) is 55.6 Å². The Morgan fingerprint density at radius 2 is 2.31 bits per heavy atom. The Hall–Kier alpha value is -0.610. The predicted octanol–water partition coefficient (Wildman–Crippen LogP) is 1.14. The minimum Gasteiger partial charge on any atom is -0.375 e. The number of carbonyl (C=O) groups is 1. The van der Waals surface area contributed by atoms with Crippen LogP contribution >= 0.6 is 0 Å². The summed E-state index contributed by atoms with van der Waals surface area (Å²) >= 11 is 0. The monoisotopic (exact) mass is 228 g/mol. The standard InChI is InChI=1S/C12H24N2O2/c1-3-5-6-11(13)12(15)14-7-8-16-10(4-2)9-14/h10-11H,3-9,13H2,1-2H3/t10?,11-/m0/s1. The van der Waals surface area contributed by atoms with Crippen LogP contribution in [0, 0.1) is 0 Å². The van der Waals surface area contributed by atoms with E-state index in [0.717, 1.165) is 25.7 Å². The molecule has 1 unspecified atom stereocenters. The van der Waals surface area contributed by atoms with Gasteiger partial charge in [0, 0.05) is 13.1 Å². The summed E-state index contributed by atoms with van der Waals surface area (Å²) < 4.78 is 5.53. The molecule has 2 N–H and O–H groups in total. The van der Waals surface area contributed by atoms with Crippen LogP contribution in [0.25, 0.3) is 0 Å². The molecule has 0 aromatic heterocycles. The molecule has 4 nitrogen and oxygen atoms in total. The van der Waals surface area contributed by atoms with Crippen LogP contribution < -0.4 is 5.73 Å². The number of hydrogen-bond acceptors (Lipinski definition) is 3. The van der Waals surface area contributed by atoms with Crippen molar-refractivity contribution in [3.05, 3.63) is 0 Å². The Morgan fingerprint density at radius 3 is 2.94 bits per heavy atom. The predicted molar refractivity (Wildman–Crippen MR) is 64.1 cm³/mol. The van der Waals surface area contributed by atoms with E-state index in [1.54, 1.807) is 0 Å². The molecule has 0 spiro atoms. The van der Waals surface area contributed by atoms with Crippen LogP contribution in [-0.4, -0.2) is 42.6 Å². The number of nitrogens with zero attached hydrogens (tertiary/aromatic N) is 1. The highest BCUT2D eigenvalue weighted by Crippen LogP contribution is 2.10. The first kappa shape index (κ1) is 13.5. The van der Waals surface area contributed by atoms with Crippen molar-refractivity contribution in [1.82, 2.24) is 4.90 Å². The molecule has 1 aliphatic rings. The summed E-state index contributed by atoms with van der Waals surface area (Å²) in [6.07, 6.45) is 4.05. The van der Waals surface area contributed by atoms with Crippen molar-refractivity contribution in [1.29, 1.82) is 0 Å². The summed E-state index contributed by atoms with van der Waals surface area (Å²) in [7, 11) is 0. The molecular formula is C12H24N2O2. The fourth-order valence-electron chi connectivity index (χ4n) is 1.95. The molecular weight excluding hydrogens is 204 g/mol. The molecule has 0 aromatic carbocycles. The van der Waals surface area contributed by atoms with Crippen molar-refractivity contribution in [3.8, 4) is 0 Å². The number of rotatable bonds is 5. The first-order valence-electron chi connectivity index (χ1n) is 6.35. The number of morpholine rings is 1. The molecule has 0 bridgehead atoms. The van der Waals surface area contributed by atoms with Crippen LogP contribution in [0.3, 0.4) is 0 Å². The molecule has 0 radical (unpaired) electrons. The maximum Gasteiger partial charge on any atom is 0.239 e. The first-order valence-corrected chi connectivity index (χ1v) is 6.35. The van der Waals surface area contributed by atoms with Crippen LogP contribution in [0.15, 0.2) is 0 Å². The first-order chi connectivity index (χ1) is 7.69. The van der Waals surface area contributed by atoms with Gasteiger partial charge in [0.15, 0.2) is 0 Å². The lowest BCUT2D eigenvalue weighted by Gasteiger charge is -2.34. The highest BCUT2D eigenvalue weighted by atomic mass is 16.5. The third kappa shape index (κ3) is 3.76. The fraction of sp³-hybridized carbons (Fsp3) is 0.917. The van der Waals surface area contributed by atoms with Crippen molar-refractivity contribution >= 4 is 5.91 Å². The second kappa shape index (κ2) is 6.86. The van der Waals surface area contributed by atoms with E-state index in [4.69, 9.17) is 10.5 Å². The Labute approximate surface area is 98.1 Å². The van der Waals surface area contributed by atoms with E-state index in [-0.39, 0.29) is 18.1 Å². The molecule has 0 saturated carbocycles. The lowest BCUT2D eigenvalue weighted by atomic mass is 10.1. The maximum absolute atomic E-state index is 12.0. The molecule has 2 atom stereocenters. The molecule has 4 heteroatoms. The molecule has 1 heterocycles. The van der Waals surface area contributed by atoms with Crippen LogP contribution in [0.4, 0.5) is 0 Å². The van der Waals surface area contributed by atoms with Gasteiger partial charge in [-0.2, -0.15) is 0 Å². The third-order valence-corrected chi connectivity index (χ3v) is 3.09. The number of carbonyl (C=O) groups excluding carboxylic acids is 1. The summed E-state index contributed by atoms with van der Waals surface area (Å²) in [6.45, 7) is 6.23. The van der Waals surface area contributed by atoms with Crippen molar-refractivity contribution in [2.24, 2.45) is 5.73 Å². The largest absolute Gasteiger partial charge is 0.375 e. The van der Waals surface area contributed by atoms with E-state index in [0.29, 0.717) is 19.7 Å². The zero-order valence-corrected chi connectivity index (χ0v) is 10.4. The molecule has 94 valence electrons. The van der Waals surface area contributed by atoms with Gasteiger partial charge in [0.1, 0.15) is 0 Å². The highest BCUT2D eigenvalue weighted by Gasteiger charge is 2.26. The van der Waals surface area contributed by atoms with E-state index in [1.807, 2.05) is 4.90 Å². The van der Waals surface area contributed by atoms with Crippen LogP contribution in [0.2, 0.25) is 0 Å². The zero-order chi connectivity index (χ0) is 12.0. The van der Waals surface area contributed by atoms with Crippen molar-refractivity contribution < 1.29 is 9.53 Å². The number of unbranched alkanes of at least 4 members (excludes halogenated alkanes) is 1. The molecule has 0 aromatic rings. The lowest BCUT2D eigenvalue weighted by Crippen LogP contribution is -2.51. The summed E-state index contributed by atoms with van der Waals surface area (Å²) in [5.41, 5.74) is 5.89. The summed E-state index contributed by atoms with van der Waals surface area (Å²) in [5, 5.41) is 0. The number of ether oxygens (including phenoxy) is 1. The second-order valence-electron chi connectivity index (χ2n) is 4.43. The van der Waals surface area contributed by atoms with Crippen LogP contribution in [0.5, 0.6) is 0 Å². The van der Waals surface area contributed by atoms with Gasteiger partial charge >= 0.3 is 0 Å². The van der Waals surface area contributed by atoms with E-state index in [9.17, 15) is 4.79 Å². The number of amides is 1. The minimum absolute atomic E-state index is 0.0928. The van der Waals surface area contributed by atoms with E-state index in [2.05, 4.69) is 13.8 Å². The van der Waals surface area contributed by atoms with E-state index < -0.39 is 0 Å². The fourth-order valence-corrected chi connectivity index (χ4v) is 1.95. The summed E-state index contributed by atoms with van der Waals surface area (Å²) in [5.74, 6) is 0.0928. The van der Waals surface area contributed by atoms with E-state index >= 15 is 0 Å². The van der Waals surface area contributed by atoms with Gasteiger partial charge in [0.2, 0.25) is 5.91 Å². The van der Waals surface area contributed by atoms with Gasteiger partial charge in [-0.15, -0.1) is 0 Å². The normalized spacial score (nSPS) is 23.2. The SMILES string of the molecule is CCCC[C@H](N)C(=O)N1CCOC(CC)C1. The van der Waals surface area contributed by atoms with Crippen LogP contribution in [-0.2, 0) is 9.53 Å². The third-order valence-electron chi connectivity index (χ3n) is 3.09. The van der Waals surface area contributed by atoms with Gasteiger partial charge in [-0.25, -0.2) is 0 Å². The van der Waals surface area contributed by atoms with Gasteiger partial charge in [0.25, 0.3) is 0 Å². The maximum atomic E-state index is 12.0. The molecule has 1 saturated heterocycles. The Bertz CT molecular complexity index is 221. The molecule has 16 heavy (non-hydrogen) atoms. The van der Waals surface area contributed by atoms with Gasteiger partial charge in [-0.3, -0.25) is 4.79 Å². The number of nitrogens with two attached hydrogens (primary N) is 1.